The van der Waals surface area contributed by atoms with Gasteiger partial charge in [-0.05, 0) is 55.1 Å². The highest BCUT2D eigenvalue weighted by atomic mass is 32.2. The van der Waals surface area contributed by atoms with Gasteiger partial charge in [0.05, 0.1) is 18.4 Å². The van der Waals surface area contributed by atoms with Crippen LogP contribution in [0.2, 0.25) is 0 Å². The maximum atomic E-state index is 14.2. The zero-order valence-corrected chi connectivity index (χ0v) is 22.0. The van der Waals surface area contributed by atoms with Crippen molar-refractivity contribution in [1.82, 2.24) is 4.98 Å². The molecule has 1 aliphatic rings. The maximum absolute atomic E-state index is 14.2. The summed E-state index contributed by atoms with van der Waals surface area (Å²) < 4.78 is 47.3. The average Bonchev–Trinajstić information content (AvgIpc) is 3.35. The monoisotopic (exact) mass is 532 g/mol. The number of nitrogens with zero attached hydrogens (tertiary/aromatic N) is 1. The number of nitrogens with one attached hydrogen (secondary N) is 1. The SMILES string of the molecule is COc1cc(C(=O)O)c(F)cc1NS(=O)(=O)c1csc(-c2ccc(C3CCC(C(C)C)CC3)cc2)n1. The molecule has 192 valence electrons. The molecule has 0 spiro atoms. The number of hydrogen-bond donors (Lipinski definition) is 2. The number of halogens is 1. The van der Waals surface area contributed by atoms with Crippen LogP contribution in [-0.4, -0.2) is 31.6 Å². The molecular weight excluding hydrogens is 503 g/mol. The van der Waals surface area contributed by atoms with Crippen molar-refractivity contribution in [3.63, 3.8) is 0 Å². The van der Waals surface area contributed by atoms with Crippen LogP contribution < -0.4 is 9.46 Å². The van der Waals surface area contributed by atoms with Gasteiger partial charge in [0.25, 0.3) is 10.0 Å². The van der Waals surface area contributed by atoms with Gasteiger partial charge in [0.2, 0.25) is 0 Å². The highest BCUT2D eigenvalue weighted by molar-refractivity contribution is 7.92. The van der Waals surface area contributed by atoms with Crippen molar-refractivity contribution >= 4 is 33.0 Å². The Bertz CT molecular complexity index is 1350. The van der Waals surface area contributed by atoms with Gasteiger partial charge in [-0.1, -0.05) is 38.1 Å². The van der Waals surface area contributed by atoms with E-state index >= 15 is 0 Å². The van der Waals surface area contributed by atoms with Crippen LogP contribution >= 0.6 is 11.3 Å². The summed E-state index contributed by atoms with van der Waals surface area (Å²) in [6.45, 7) is 4.59. The minimum Gasteiger partial charge on any atom is -0.495 e. The van der Waals surface area contributed by atoms with Crippen molar-refractivity contribution in [2.24, 2.45) is 11.8 Å². The number of carboxylic acids is 1. The maximum Gasteiger partial charge on any atom is 0.338 e. The Labute approximate surface area is 214 Å². The van der Waals surface area contributed by atoms with Gasteiger partial charge in [0, 0.05) is 17.0 Å². The first-order chi connectivity index (χ1) is 17.1. The van der Waals surface area contributed by atoms with E-state index in [0.29, 0.717) is 10.9 Å². The number of anilines is 1. The van der Waals surface area contributed by atoms with Crippen LogP contribution in [0.3, 0.4) is 0 Å². The Morgan fingerprint density at radius 1 is 1.17 bits per heavy atom. The summed E-state index contributed by atoms with van der Waals surface area (Å²) in [6.07, 6.45) is 4.87. The summed E-state index contributed by atoms with van der Waals surface area (Å²) in [7, 11) is -2.93. The largest absolute Gasteiger partial charge is 0.495 e. The normalized spacial score (nSPS) is 18.2. The van der Waals surface area contributed by atoms with Crippen molar-refractivity contribution < 1.29 is 27.4 Å². The molecule has 0 atom stereocenters. The predicted octanol–water partition coefficient (Wildman–Crippen LogP) is 6.39. The zero-order chi connectivity index (χ0) is 26.0. The molecule has 2 aromatic carbocycles. The molecule has 0 amide bonds. The molecule has 0 radical (unpaired) electrons. The lowest BCUT2D eigenvalue weighted by Crippen LogP contribution is -2.17. The van der Waals surface area contributed by atoms with Crippen molar-refractivity contribution in [3.8, 4) is 16.3 Å². The Hall–Kier alpha value is -2.98. The Morgan fingerprint density at radius 3 is 2.42 bits per heavy atom. The average molecular weight is 533 g/mol. The number of carboxylic acid groups (broad SMARTS) is 1. The minimum atomic E-state index is -4.17. The van der Waals surface area contributed by atoms with E-state index in [9.17, 15) is 17.6 Å². The van der Waals surface area contributed by atoms with Crippen LogP contribution in [0.1, 0.15) is 61.4 Å². The van der Waals surface area contributed by atoms with Crippen molar-refractivity contribution in [3.05, 3.63) is 58.7 Å². The number of ether oxygens (including phenoxy) is 1. The lowest BCUT2D eigenvalue weighted by atomic mass is 9.75. The molecule has 0 aliphatic heterocycles. The first-order valence-corrected chi connectivity index (χ1v) is 14.1. The molecule has 4 rings (SSSR count). The number of thiazole rings is 1. The molecule has 1 aliphatic carbocycles. The van der Waals surface area contributed by atoms with Gasteiger partial charge in [-0.15, -0.1) is 11.3 Å². The van der Waals surface area contributed by atoms with Crippen LogP contribution in [-0.2, 0) is 10.0 Å². The molecule has 3 aromatic rings. The van der Waals surface area contributed by atoms with Gasteiger partial charge in [-0.25, -0.2) is 14.2 Å². The number of aromatic nitrogens is 1. The summed E-state index contributed by atoms with van der Waals surface area (Å²) >= 11 is 1.19. The van der Waals surface area contributed by atoms with Crippen LogP contribution in [0.15, 0.2) is 46.8 Å². The first kappa shape index (κ1) is 26.1. The zero-order valence-electron chi connectivity index (χ0n) is 20.3. The van der Waals surface area contributed by atoms with Gasteiger partial charge in [-0.3, -0.25) is 4.72 Å². The third-order valence-corrected chi connectivity index (χ3v) is 9.16. The summed E-state index contributed by atoms with van der Waals surface area (Å²) in [5.74, 6) is -0.616. The quantitative estimate of drug-likeness (QED) is 0.348. The topological polar surface area (TPSA) is 106 Å². The van der Waals surface area contributed by atoms with Crippen LogP contribution in [0.25, 0.3) is 10.6 Å². The molecule has 1 fully saturated rings. The summed E-state index contributed by atoms with van der Waals surface area (Å²) in [5, 5.41) is 10.8. The standard InChI is InChI=1S/C26H29FN2O5S2/c1-15(2)16-4-6-17(7-5-16)18-8-10-19(11-9-18)25-28-24(14-35-25)36(32,33)29-22-13-21(27)20(26(30)31)12-23(22)34-3/h8-17,29H,4-7H2,1-3H3,(H,30,31). The molecular formula is C26H29FN2O5S2. The number of sulfonamides is 1. The Kier molecular flexibility index (Phi) is 7.65. The van der Waals surface area contributed by atoms with E-state index in [1.807, 2.05) is 12.1 Å². The molecule has 0 unspecified atom stereocenters. The van der Waals surface area contributed by atoms with E-state index in [-0.39, 0.29) is 16.5 Å². The van der Waals surface area contributed by atoms with Gasteiger partial charge < -0.3 is 9.84 Å². The van der Waals surface area contributed by atoms with Crippen molar-refractivity contribution in [2.75, 3.05) is 11.8 Å². The van der Waals surface area contributed by atoms with E-state index in [0.717, 1.165) is 29.5 Å². The third-order valence-electron chi connectivity index (χ3n) is 6.87. The number of aromatic carboxylic acids is 1. The fourth-order valence-corrected chi connectivity index (χ4v) is 6.86. The highest BCUT2D eigenvalue weighted by Crippen LogP contribution is 2.39. The molecule has 36 heavy (non-hydrogen) atoms. The fourth-order valence-electron chi connectivity index (χ4n) is 4.70. The number of hydrogen-bond acceptors (Lipinski definition) is 6. The van der Waals surface area contributed by atoms with E-state index in [4.69, 9.17) is 9.84 Å². The lowest BCUT2D eigenvalue weighted by molar-refractivity contribution is 0.0691. The summed E-state index contributed by atoms with van der Waals surface area (Å²) in [6, 6.07) is 9.84. The second-order valence-corrected chi connectivity index (χ2v) is 11.9. The van der Waals surface area contributed by atoms with Gasteiger partial charge in [0.1, 0.15) is 16.6 Å². The summed E-state index contributed by atoms with van der Waals surface area (Å²) in [4.78, 5) is 15.4. The number of benzene rings is 2. The Balaban J connectivity index is 1.50. The molecule has 0 bridgehead atoms. The Morgan fingerprint density at radius 2 is 1.83 bits per heavy atom. The minimum absolute atomic E-state index is 0.120. The molecule has 1 aromatic heterocycles. The molecule has 10 heteroatoms. The number of methoxy groups -OCH3 is 1. The summed E-state index contributed by atoms with van der Waals surface area (Å²) in [5.41, 5.74) is 1.27. The molecule has 2 N–H and O–H groups in total. The van der Waals surface area contributed by atoms with E-state index in [1.54, 1.807) is 0 Å². The second-order valence-electron chi connectivity index (χ2n) is 9.41. The van der Waals surface area contributed by atoms with E-state index < -0.39 is 27.4 Å². The third kappa shape index (κ3) is 5.54. The smallest absolute Gasteiger partial charge is 0.338 e. The van der Waals surface area contributed by atoms with Gasteiger partial charge in [-0.2, -0.15) is 8.42 Å². The predicted molar refractivity (Wildman–Crippen MR) is 138 cm³/mol. The van der Waals surface area contributed by atoms with E-state index in [2.05, 4.69) is 35.7 Å². The van der Waals surface area contributed by atoms with Crippen molar-refractivity contribution in [1.29, 1.82) is 0 Å². The van der Waals surface area contributed by atoms with Crippen molar-refractivity contribution in [2.45, 2.75) is 50.5 Å². The second kappa shape index (κ2) is 10.6. The number of rotatable bonds is 8. The van der Waals surface area contributed by atoms with Gasteiger partial charge >= 0.3 is 5.97 Å². The van der Waals surface area contributed by atoms with Gasteiger partial charge in [0.15, 0.2) is 5.03 Å². The van der Waals surface area contributed by atoms with Crippen LogP contribution in [0, 0.1) is 17.7 Å². The molecule has 1 saturated carbocycles. The molecule has 1 heterocycles. The van der Waals surface area contributed by atoms with Crippen LogP contribution in [0.4, 0.5) is 10.1 Å². The fraction of sp³-hybridized carbons (Fsp3) is 0.385. The number of carbonyl (C=O) groups is 1. The van der Waals surface area contributed by atoms with Crippen LogP contribution in [0.5, 0.6) is 5.75 Å². The van der Waals surface area contributed by atoms with E-state index in [1.165, 1.54) is 55.1 Å². The molecule has 7 nitrogen and oxygen atoms in total. The lowest BCUT2D eigenvalue weighted by Gasteiger charge is -2.31. The highest BCUT2D eigenvalue weighted by Gasteiger charge is 2.25. The molecule has 0 saturated heterocycles. The first-order valence-electron chi connectivity index (χ1n) is 11.8.